The number of esters is 1. The molecule has 8 heteroatoms. The molecule has 0 aromatic rings. The van der Waals surface area contributed by atoms with Gasteiger partial charge in [-0.1, -0.05) is 12.5 Å². The molecule has 7 nitrogen and oxygen atoms in total. The topological polar surface area (TPSA) is 127 Å². The van der Waals surface area contributed by atoms with Crippen molar-refractivity contribution in [2.45, 2.75) is 26.7 Å². The zero-order chi connectivity index (χ0) is 14.1. The highest BCUT2D eigenvalue weighted by Gasteiger charge is 2.09. The monoisotopic (exact) mass is 269 g/mol. The van der Waals surface area contributed by atoms with Crippen LogP contribution in [0.25, 0.3) is 0 Å². The van der Waals surface area contributed by atoms with Crippen molar-refractivity contribution in [3.8, 4) is 0 Å². The minimum Gasteiger partial charge on any atom is -0.466 e. The molecule has 0 radical (unpaired) electrons. The Hall–Kier alpha value is -0.960. The van der Waals surface area contributed by atoms with Crippen molar-refractivity contribution in [1.82, 2.24) is 0 Å². The average molecular weight is 269 g/mol. The zero-order valence-electron chi connectivity index (χ0n) is 10.1. The fraction of sp³-hybridized carbons (Fsp3) is 0.667. The van der Waals surface area contributed by atoms with Gasteiger partial charge < -0.3 is 10.5 Å². The highest BCUT2D eigenvalue weighted by molar-refractivity contribution is 7.79. The zero-order valence-corrected chi connectivity index (χ0v) is 11.0. The highest BCUT2D eigenvalue weighted by atomic mass is 32.3. The van der Waals surface area contributed by atoms with Crippen LogP contribution in [0.15, 0.2) is 11.1 Å². The molecule has 17 heavy (non-hydrogen) atoms. The lowest BCUT2D eigenvalue weighted by Crippen LogP contribution is -2.08. The van der Waals surface area contributed by atoms with Gasteiger partial charge in [0.15, 0.2) is 0 Å². The van der Waals surface area contributed by atoms with Gasteiger partial charge in [-0.2, -0.15) is 8.42 Å². The maximum atomic E-state index is 11.1. The quantitative estimate of drug-likeness (QED) is 0.387. The van der Waals surface area contributed by atoms with Gasteiger partial charge in [0.05, 0.1) is 7.11 Å². The maximum absolute atomic E-state index is 11.1. The molecule has 0 aliphatic rings. The van der Waals surface area contributed by atoms with Crippen LogP contribution in [0.2, 0.25) is 0 Å². The summed E-state index contributed by atoms with van der Waals surface area (Å²) in [6, 6.07) is 0. The minimum absolute atomic E-state index is 0.233. The van der Waals surface area contributed by atoms with Gasteiger partial charge in [0.1, 0.15) is 0 Å². The van der Waals surface area contributed by atoms with Gasteiger partial charge in [0, 0.05) is 5.57 Å². The summed E-state index contributed by atoms with van der Waals surface area (Å²) in [7, 11) is -3.27. The maximum Gasteiger partial charge on any atom is 0.394 e. The van der Waals surface area contributed by atoms with E-state index in [1.807, 2.05) is 13.8 Å². The Morgan fingerprint density at radius 3 is 2.00 bits per heavy atom. The molecule has 4 N–H and O–H groups in total. The molecule has 0 saturated carbocycles. The molecule has 0 heterocycles. The van der Waals surface area contributed by atoms with Crippen LogP contribution in [0.4, 0.5) is 0 Å². The summed E-state index contributed by atoms with van der Waals surface area (Å²) in [5.41, 5.74) is 7.16. The first-order valence-corrected chi connectivity index (χ1v) is 6.23. The Kier molecular flexibility index (Phi) is 9.86. The van der Waals surface area contributed by atoms with Crippen LogP contribution >= 0.6 is 0 Å². The Balaban J connectivity index is 0. The van der Waals surface area contributed by atoms with Crippen LogP contribution in [-0.4, -0.2) is 37.1 Å². The number of ether oxygens (including phenoxy) is 1. The van der Waals surface area contributed by atoms with Crippen molar-refractivity contribution < 1.29 is 27.1 Å². The number of hydrogen-bond acceptors (Lipinski definition) is 5. The first-order chi connectivity index (χ1) is 7.67. The summed E-state index contributed by atoms with van der Waals surface area (Å²) >= 11 is 0. The van der Waals surface area contributed by atoms with Crippen molar-refractivity contribution in [2.75, 3.05) is 13.7 Å². The van der Waals surface area contributed by atoms with Gasteiger partial charge in [-0.05, 0) is 26.3 Å². The second kappa shape index (κ2) is 9.11. The van der Waals surface area contributed by atoms with Crippen LogP contribution in [0.1, 0.15) is 26.7 Å². The predicted molar refractivity (Wildman–Crippen MR) is 62.9 cm³/mol. The SMILES string of the molecule is CCC(C(=O)OC)=C(C)CCN.O=S(=O)(O)O. The summed E-state index contributed by atoms with van der Waals surface area (Å²) in [5.74, 6) is -0.233. The second-order valence-corrected chi connectivity index (χ2v) is 3.99. The van der Waals surface area contributed by atoms with E-state index in [9.17, 15) is 4.79 Å². The molecule has 102 valence electrons. The number of methoxy groups -OCH3 is 1. The summed E-state index contributed by atoms with van der Waals surface area (Å²) < 4.78 is 36.2. The number of hydrogen-bond donors (Lipinski definition) is 3. The van der Waals surface area contributed by atoms with Gasteiger partial charge in [-0.25, -0.2) is 4.79 Å². The largest absolute Gasteiger partial charge is 0.466 e. The molecule has 0 aromatic carbocycles. The third-order valence-corrected chi connectivity index (χ3v) is 1.82. The number of carbonyl (C=O) groups is 1. The third-order valence-electron chi connectivity index (χ3n) is 1.82. The van der Waals surface area contributed by atoms with Gasteiger partial charge >= 0.3 is 16.4 Å². The molecule has 0 atom stereocenters. The van der Waals surface area contributed by atoms with E-state index in [1.54, 1.807) is 0 Å². The smallest absolute Gasteiger partial charge is 0.394 e. The van der Waals surface area contributed by atoms with Crippen LogP contribution in [0, 0.1) is 0 Å². The fourth-order valence-corrected chi connectivity index (χ4v) is 1.11. The van der Waals surface area contributed by atoms with Crippen molar-refractivity contribution in [3.05, 3.63) is 11.1 Å². The molecule has 0 aliphatic carbocycles. The lowest BCUT2D eigenvalue weighted by atomic mass is 10.0. The van der Waals surface area contributed by atoms with Gasteiger partial charge in [0.25, 0.3) is 0 Å². The Labute approximate surface area is 101 Å². The molecule has 0 aromatic heterocycles. The van der Waals surface area contributed by atoms with E-state index in [2.05, 4.69) is 4.74 Å². The molecule has 0 amide bonds. The van der Waals surface area contributed by atoms with Crippen LogP contribution in [0.3, 0.4) is 0 Å². The van der Waals surface area contributed by atoms with Crippen molar-refractivity contribution in [2.24, 2.45) is 5.73 Å². The molecule has 0 unspecified atom stereocenters. The molecule has 0 bridgehead atoms. The Morgan fingerprint density at radius 2 is 1.76 bits per heavy atom. The summed E-state index contributed by atoms with van der Waals surface area (Å²) in [6.45, 7) is 4.43. The summed E-state index contributed by atoms with van der Waals surface area (Å²) in [4.78, 5) is 11.1. The molecule has 0 saturated heterocycles. The number of nitrogens with two attached hydrogens (primary N) is 1. The van der Waals surface area contributed by atoms with Crippen molar-refractivity contribution in [1.29, 1.82) is 0 Å². The summed E-state index contributed by atoms with van der Waals surface area (Å²) in [5, 5.41) is 0. The Bertz CT molecular complexity index is 352. The van der Waals surface area contributed by atoms with E-state index >= 15 is 0 Å². The fourth-order valence-electron chi connectivity index (χ4n) is 1.11. The standard InChI is InChI=1S/C9H17NO2.H2O4S/c1-4-8(9(11)12-3)7(2)5-6-10;1-5(2,3)4/h4-6,10H2,1-3H3;(H2,1,2,3,4). The average Bonchev–Trinajstić information content (AvgIpc) is 2.16. The number of rotatable bonds is 4. The second-order valence-electron chi connectivity index (χ2n) is 3.09. The third kappa shape index (κ3) is 13.0. The van der Waals surface area contributed by atoms with E-state index in [1.165, 1.54) is 7.11 Å². The van der Waals surface area contributed by atoms with Crippen molar-refractivity contribution in [3.63, 3.8) is 0 Å². The van der Waals surface area contributed by atoms with Crippen LogP contribution in [-0.2, 0) is 19.9 Å². The van der Waals surface area contributed by atoms with E-state index < -0.39 is 10.4 Å². The van der Waals surface area contributed by atoms with Gasteiger partial charge in [-0.15, -0.1) is 0 Å². The lowest BCUT2D eigenvalue weighted by molar-refractivity contribution is -0.136. The van der Waals surface area contributed by atoms with Crippen LogP contribution < -0.4 is 5.73 Å². The van der Waals surface area contributed by atoms with Crippen molar-refractivity contribution >= 4 is 16.4 Å². The molecule has 0 spiro atoms. The minimum atomic E-state index is -4.67. The molecular formula is C9H19NO6S. The molecular weight excluding hydrogens is 250 g/mol. The van der Waals surface area contributed by atoms with E-state index in [4.69, 9.17) is 23.3 Å². The summed E-state index contributed by atoms with van der Waals surface area (Å²) in [6.07, 6.45) is 1.47. The normalized spacial score (nSPS) is 12.1. The Morgan fingerprint density at radius 1 is 1.35 bits per heavy atom. The van der Waals surface area contributed by atoms with E-state index in [0.717, 1.165) is 17.6 Å². The lowest BCUT2D eigenvalue weighted by Gasteiger charge is -2.06. The molecule has 0 rings (SSSR count). The van der Waals surface area contributed by atoms with Crippen LogP contribution in [0.5, 0.6) is 0 Å². The van der Waals surface area contributed by atoms with E-state index in [-0.39, 0.29) is 5.97 Å². The molecule has 0 fully saturated rings. The van der Waals surface area contributed by atoms with Gasteiger partial charge in [0.2, 0.25) is 0 Å². The first-order valence-electron chi connectivity index (χ1n) is 4.84. The predicted octanol–water partition coefficient (Wildman–Crippen LogP) is 0.582. The first kappa shape index (κ1) is 18.4. The molecule has 0 aliphatic heterocycles. The highest BCUT2D eigenvalue weighted by Crippen LogP contribution is 2.12. The number of carbonyl (C=O) groups excluding carboxylic acids is 1. The van der Waals surface area contributed by atoms with E-state index in [0.29, 0.717) is 13.0 Å². The van der Waals surface area contributed by atoms with Gasteiger partial charge in [-0.3, -0.25) is 9.11 Å².